The Morgan fingerprint density at radius 3 is 2.88 bits per heavy atom. The van der Waals surface area contributed by atoms with Gasteiger partial charge in [-0.15, -0.1) is 0 Å². The lowest BCUT2D eigenvalue weighted by atomic mass is 10.0. The van der Waals surface area contributed by atoms with Crippen LogP contribution < -0.4 is 19.7 Å². The molecule has 0 spiro atoms. The number of carbonyl (C=O) groups excluding carboxylic acids is 1. The normalized spacial score (nSPS) is 13.1. The Balaban J connectivity index is 1.52. The molecule has 5 nitrogen and oxygen atoms in total. The first-order chi connectivity index (χ1) is 12.2. The third kappa shape index (κ3) is 4.05. The van der Waals surface area contributed by atoms with E-state index in [-0.39, 0.29) is 6.03 Å². The van der Waals surface area contributed by atoms with E-state index < -0.39 is 0 Å². The molecule has 0 atom stereocenters. The Bertz CT molecular complexity index is 745. The van der Waals surface area contributed by atoms with Gasteiger partial charge >= 0.3 is 6.03 Å². The molecule has 0 bridgehead atoms. The summed E-state index contributed by atoms with van der Waals surface area (Å²) in [5, 5.41) is 2.93. The lowest BCUT2D eigenvalue weighted by Gasteiger charge is -2.29. The number of nitrogens with one attached hydrogen (secondary N) is 1. The van der Waals surface area contributed by atoms with Gasteiger partial charge in [-0.3, -0.25) is 4.90 Å². The predicted molar refractivity (Wildman–Crippen MR) is 98.7 cm³/mol. The van der Waals surface area contributed by atoms with Crippen molar-refractivity contribution in [3.63, 3.8) is 0 Å². The number of amides is 2. The molecular weight excluding hydrogens is 316 g/mol. The number of para-hydroxylation sites is 1. The molecule has 3 rings (SSSR count). The summed E-state index contributed by atoms with van der Waals surface area (Å²) in [4.78, 5) is 14.3. The van der Waals surface area contributed by atoms with Gasteiger partial charge in [0.15, 0.2) is 11.5 Å². The highest BCUT2D eigenvalue weighted by Gasteiger charge is 2.21. The number of fused-ring (bicyclic) bond motifs is 1. The molecule has 0 aromatic heterocycles. The van der Waals surface area contributed by atoms with Crippen molar-refractivity contribution in [1.82, 2.24) is 5.32 Å². The first-order valence-corrected chi connectivity index (χ1v) is 8.60. The molecule has 2 aromatic rings. The number of ether oxygens (including phenoxy) is 2. The van der Waals surface area contributed by atoms with Crippen LogP contribution in [0.4, 0.5) is 10.5 Å². The van der Waals surface area contributed by atoms with Crippen LogP contribution in [-0.2, 0) is 6.42 Å². The number of rotatable bonds is 5. The minimum atomic E-state index is -0.0772. The van der Waals surface area contributed by atoms with Crippen molar-refractivity contribution in [1.29, 1.82) is 0 Å². The third-order valence-corrected chi connectivity index (χ3v) is 4.31. The number of anilines is 1. The van der Waals surface area contributed by atoms with Crippen molar-refractivity contribution in [2.24, 2.45) is 0 Å². The average molecular weight is 340 g/mol. The van der Waals surface area contributed by atoms with Crippen molar-refractivity contribution in [2.45, 2.75) is 19.8 Å². The molecule has 0 saturated heterocycles. The van der Waals surface area contributed by atoms with Crippen LogP contribution in [0, 0.1) is 6.92 Å². The predicted octanol–water partition coefficient (Wildman–Crippen LogP) is 3.54. The summed E-state index contributed by atoms with van der Waals surface area (Å²) in [6.07, 6.45) is 2.01. The van der Waals surface area contributed by atoms with Gasteiger partial charge in [-0.1, -0.05) is 24.3 Å². The van der Waals surface area contributed by atoms with Crippen LogP contribution in [0.3, 0.4) is 0 Å². The second kappa shape index (κ2) is 7.92. The van der Waals surface area contributed by atoms with Crippen LogP contribution >= 0.6 is 0 Å². The lowest BCUT2D eigenvalue weighted by molar-refractivity contribution is 0.240. The Labute approximate surface area is 148 Å². The quantitative estimate of drug-likeness (QED) is 0.847. The summed E-state index contributed by atoms with van der Waals surface area (Å²) in [6, 6.07) is 13.8. The van der Waals surface area contributed by atoms with E-state index in [1.54, 1.807) is 7.11 Å². The van der Waals surface area contributed by atoms with Crippen LogP contribution in [0.1, 0.15) is 17.5 Å². The number of carbonyl (C=O) groups is 1. The zero-order valence-corrected chi connectivity index (χ0v) is 14.7. The molecule has 0 fully saturated rings. The number of hydrogen-bond donors (Lipinski definition) is 1. The second-order valence-electron chi connectivity index (χ2n) is 6.12. The van der Waals surface area contributed by atoms with Crippen LogP contribution in [0.15, 0.2) is 42.5 Å². The number of benzene rings is 2. The van der Waals surface area contributed by atoms with E-state index in [0.29, 0.717) is 24.7 Å². The molecular formula is C20H24N2O3. The highest BCUT2D eigenvalue weighted by atomic mass is 16.5. The van der Waals surface area contributed by atoms with Crippen molar-refractivity contribution >= 4 is 11.7 Å². The van der Waals surface area contributed by atoms with E-state index in [1.807, 2.05) is 48.2 Å². The average Bonchev–Trinajstić information content (AvgIpc) is 2.65. The van der Waals surface area contributed by atoms with E-state index >= 15 is 0 Å². The van der Waals surface area contributed by atoms with Gasteiger partial charge in [-0.25, -0.2) is 4.79 Å². The molecule has 0 unspecified atom stereocenters. The molecule has 1 heterocycles. The molecule has 1 aliphatic rings. The Morgan fingerprint density at radius 1 is 1.20 bits per heavy atom. The Morgan fingerprint density at radius 2 is 2.04 bits per heavy atom. The largest absolute Gasteiger partial charge is 0.493 e. The summed E-state index contributed by atoms with van der Waals surface area (Å²) in [6.45, 7) is 3.58. The Kier molecular flexibility index (Phi) is 5.43. The smallest absolute Gasteiger partial charge is 0.321 e. The van der Waals surface area contributed by atoms with Crippen LogP contribution in [0.25, 0.3) is 0 Å². The number of urea groups is 1. The maximum Gasteiger partial charge on any atom is 0.321 e. The van der Waals surface area contributed by atoms with Gasteiger partial charge in [-0.2, -0.15) is 0 Å². The molecule has 5 heteroatoms. The van der Waals surface area contributed by atoms with E-state index in [0.717, 1.165) is 30.6 Å². The summed E-state index contributed by atoms with van der Waals surface area (Å²) < 4.78 is 11.0. The number of nitrogens with zero attached hydrogens (tertiary/aromatic N) is 1. The highest BCUT2D eigenvalue weighted by molar-refractivity contribution is 5.93. The van der Waals surface area contributed by atoms with E-state index in [2.05, 4.69) is 11.4 Å². The van der Waals surface area contributed by atoms with Crippen LogP contribution in [0.5, 0.6) is 11.5 Å². The summed E-state index contributed by atoms with van der Waals surface area (Å²) >= 11 is 0. The number of methoxy groups -OCH3 is 1. The number of hydrogen-bond acceptors (Lipinski definition) is 3. The van der Waals surface area contributed by atoms with Gasteiger partial charge in [0, 0.05) is 12.2 Å². The lowest BCUT2D eigenvalue weighted by Crippen LogP contribution is -2.44. The molecule has 2 amide bonds. The van der Waals surface area contributed by atoms with Gasteiger partial charge in [0.2, 0.25) is 0 Å². The minimum absolute atomic E-state index is 0.0772. The maximum absolute atomic E-state index is 12.5. The molecule has 132 valence electrons. The van der Waals surface area contributed by atoms with Crippen LogP contribution in [-0.4, -0.2) is 32.8 Å². The van der Waals surface area contributed by atoms with Gasteiger partial charge < -0.3 is 14.8 Å². The van der Waals surface area contributed by atoms with E-state index in [1.165, 1.54) is 5.56 Å². The zero-order valence-electron chi connectivity index (χ0n) is 14.7. The summed E-state index contributed by atoms with van der Waals surface area (Å²) in [5.74, 6) is 1.39. The maximum atomic E-state index is 12.5. The van der Waals surface area contributed by atoms with Gasteiger partial charge in [0.25, 0.3) is 0 Å². The van der Waals surface area contributed by atoms with Crippen LogP contribution in [0.2, 0.25) is 0 Å². The second-order valence-corrected chi connectivity index (χ2v) is 6.12. The monoisotopic (exact) mass is 340 g/mol. The number of aryl methyl sites for hydroxylation is 2. The van der Waals surface area contributed by atoms with Gasteiger partial charge in [0.05, 0.1) is 13.7 Å². The first-order valence-electron chi connectivity index (χ1n) is 8.60. The van der Waals surface area contributed by atoms with Crippen molar-refractivity contribution < 1.29 is 14.3 Å². The van der Waals surface area contributed by atoms with Crippen molar-refractivity contribution in [3.05, 3.63) is 53.6 Å². The molecule has 2 aromatic carbocycles. The topological polar surface area (TPSA) is 50.8 Å². The molecule has 1 N–H and O–H groups in total. The molecule has 0 saturated carbocycles. The fraction of sp³-hybridized carbons (Fsp3) is 0.350. The fourth-order valence-electron chi connectivity index (χ4n) is 3.05. The fourth-order valence-corrected chi connectivity index (χ4v) is 3.05. The molecule has 25 heavy (non-hydrogen) atoms. The van der Waals surface area contributed by atoms with Gasteiger partial charge in [0.1, 0.15) is 6.61 Å². The molecule has 0 aliphatic carbocycles. The van der Waals surface area contributed by atoms with Gasteiger partial charge in [-0.05, 0) is 49.1 Å². The summed E-state index contributed by atoms with van der Waals surface area (Å²) in [7, 11) is 1.62. The third-order valence-electron chi connectivity index (χ3n) is 4.31. The van der Waals surface area contributed by atoms with Crippen molar-refractivity contribution in [3.8, 4) is 11.5 Å². The molecule has 0 radical (unpaired) electrons. The Hall–Kier alpha value is -2.69. The van der Waals surface area contributed by atoms with Crippen molar-refractivity contribution in [2.75, 3.05) is 31.7 Å². The van der Waals surface area contributed by atoms with E-state index in [9.17, 15) is 4.79 Å². The first kappa shape index (κ1) is 17.1. The van der Waals surface area contributed by atoms with E-state index in [4.69, 9.17) is 9.47 Å². The SMILES string of the molecule is COc1cc(C)ccc1OCCNC(=O)N1CCCc2ccccc21. The minimum Gasteiger partial charge on any atom is -0.493 e. The summed E-state index contributed by atoms with van der Waals surface area (Å²) in [5.41, 5.74) is 3.35. The standard InChI is InChI=1S/C20H24N2O3/c1-15-9-10-18(19(14-15)24-2)25-13-11-21-20(23)22-12-5-7-16-6-3-4-8-17(16)22/h3-4,6,8-10,14H,5,7,11-13H2,1-2H3,(H,21,23). The zero-order chi connectivity index (χ0) is 17.6. The molecule has 1 aliphatic heterocycles. The highest BCUT2D eigenvalue weighted by Crippen LogP contribution is 2.28.